The molecule has 6 heteroatoms. The highest BCUT2D eigenvalue weighted by Gasteiger charge is 2.23. The molecule has 1 aliphatic rings. The summed E-state index contributed by atoms with van der Waals surface area (Å²) in [5.74, 6) is -0.719. The van der Waals surface area contributed by atoms with Crippen LogP contribution in [0, 0.1) is 0 Å². The van der Waals surface area contributed by atoms with Gasteiger partial charge in [0, 0.05) is 6.04 Å². The van der Waals surface area contributed by atoms with Crippen molar-refractivity contribution in [3.05, 3.63) is 23.8 Å². The minimum absolute atomic E-state index is 0.111. The largest absolute Gasteiger partial charge is 0.495 e. The van der Waals surface area contributed by atoms with E-state index in [9.17, 15) is 9.59 Å². The van der Waals surface area contributed by atoms with Gasteiger partial charge in [0.05, 0.1) is 18.4 Å². The molecule has 3 N–H and O–H groups in total. The number of hydrogen-bond donors (Lipinski definition) is 3. The highest BCUT2D eigenvalue weighted by atomic mass is 16.5. The summed E-state index contributed by atoms with van der Waals surface area (Å²) < 4.78 is 5.05. The van der Waals surface area contributed by atoms with Gasteiger partial charge in [0.2, 0.25) is 0 Å². The van der Waals surface area contributed by atoms with Crippen LogP contribution in [-0.4, -0.2) is 30.3 Å². The van der Waals surface area contributed by atoms with Crippen LogP contribution in [0.1, 0.15) is 23.2 Å². The normalized spacial score (nSPS) is 13.8. The molecule has 2 amide bonds. The second kappa shape index (κ2) is 4.95. The predicted molar refractivity (Wildman–Crippen MR) is 65.1 cm³/mol. The number of amides is 2. The van der Waals surface area contributed by atoms with Crippen molar-refractivity contribution in [3.63, 3.8) is 0 Å². The third-order valence-corrected chi connectivity index (χ3v) is 2.61. The molecule has 0 heterocycles. The highest BCUT2D eigenvalue weighted by molar-refractivity contribution is 5.93. The summed E-state index contributed by atoms with van der Waals surface area (Å²) in [6.07, 6.45) is 2.00. The van der Waals surface area contributed by atoms with E-state index in [-0.39, 0.29) is 17.6 Å². The van der Waals surface area contributed by atoms with E-state index in [1.807, 2.05) is 0 Å². The first kappa shape index (κ1) is 12.2. The number of hydrogen-bond acceptors (Lipinski definition) is 3. The zero-order valence-electron chi connectivity index (χ0n) is 9.90. The number of methoxy groups -OCH3 is 1. The fourth-order valence-corrected chi connectivity index (χ4v) is 1.50. The predicted octanol–water partition coefficient (Wildman–Crippen LogP) is 1.68. The molecule has 18 heavy (non-hydrogen) atoms. The molecule has 0 atom stereocenters. The van der Waals surface area contributed by atoms with E-state index in [4.69, 9.17) is 9.84 Å². The average molecular weight is 250 g/mol. The van der Waals surface area contributed by atoms with Gasteiger partial charge in [-0.1, -0.05) is 0 Å². The number of anilines is 1. The minimum atomic E-state index is -1.04. The Bertz CT molecular complexity index is 483. The van der Waals surface area contributed by atoms with Gasteiger partial charge in [0.25, 0.3) is 0 Å². The summed E-state index contributed by atoms with van der Waals surface area (Å²) in [5.41, 5.74) is 0.556. The standard InChI is InChI=1S/C12H14N2O4/c1-18-10-6-7(11(15)16)2-5-9(10)14-12(17)13-8-3-4-8/h2,5-6,8H,3-4H2,1H3,(H,15,16)(H2,13,14,17). The second-order valence-corrected chi connectivity index (χ2v) is 4.09. The molecule has 1 aliphatic carbocycles. The highest BCUT2D eigenvalue weighted by Crippen LogP contribution is 2.26. The second-order valence-electron chi connectivity index (χ2n) is 4.09. The van der Waals surface area contributed by atoms with Gasteiger partial charge in [-0.05, 0) is 31.0 Å². The zero-order chi connectivity index (χ0) is 13.1. The maximum Gasteiger partial charge on any atom is 0.335 e. The van der Waals surface area contributed by atoms with E-state index < -0.39 is 5.97 Å². The Balaban J connectivity index is 2.10. The van der Waals surface area contributed by atoms with Crippen LogP contribution in [0.3, 0.4) is 0 Å². The summed E-state index contributed by atoms with van der Waals surface area (Å²) in [7, 11) is 1.42. The molecular weight excluding hydrogens is 236 g/mol. The van der Waals surface area contributed by atoms with Crippen molar-refractivity contribution in [2.24, 2.45) is 0 Å². The van der Waals surface area contributed by atoms with Gasteiger partial charge in [0.1, 0.15) is 5.75 Å². The number of rotatable bonds is 4. The maximum absolute atomic E-state index is 11.6. The molecule has 2 rings (SSSR count). The van der Waals surface area contributed by atoms with E-state index >= 15 is 0 Å². The molecule has 0 spiro atoms. The molecule has 0 radical (unpaired) electrons. The van der Waals surface area contributed by atoms with Gasteiger partial charge in [-0.2, -0.15) is 0 Å². The lowest BCUT2D eigenvalue weighted by Gasteiger charge is -2.11. The van der Waals surface area contributed by atoms with Gasteiger partial charge in [0.15, 0.2) is 0 Å². The van der Waals surface area contributed by atoms with Gasteiger partial charge < -0.3 is 20.5 Å². The van der Waals surface area contributed by atoms with Gasteiger partial charge in [-0.3, -0.25) is 0 Å². The molecule has 0 bridgehead atoms. The molecule has 1 saturated carbocycles. The smallest absolute Gasteiger partial charge is 0.335 e. The van der Waals surface area contributed by atoms with Crippen molar-refractivity contribution in [2.45, 2.75) is 18.9 Å². The molecule has 96 valence electrons. The first-order chi connectivity index (χ1) is 8.60. The minimum Gasteiger partial charge on any atom is -0.495 e. The van der Waals surface area contributed by atoms with Gasteiger partial charge in [-0.15, -0.1) is 0 Å². The Morgan fingerprint density at radius 1 is 1.39 bits per heavy atom. The topological polar surface area (TPSA) is 87.7 Å². The average Bonchev–Trinajstić information content (AvgIpc) is 3.13. The van der Waals surface area contributed by atoms with Crippen LogP contribution in [0.25, 0.3) is 0 Å². The number of aromatic carboxylic acids is 1. The third kappa shape index (κ3) is 2.91. The van der Waals surface area contributed by atoms with E-state index in [1.165, 1.54) is 25.3 Å². The number of benzene rings is 1. The van der Waals surface area contributed by atoms with Crippen molar-refractivity contribution in [1.82, 2.24) is 5.32 Å². The Morgan fingerprint density at radius 2 is 2.11 bits per heavy atom. The number of ether oxygens (including phenoxy) is 1. The van der Waals surface area contributed by atoms with Crippen LogP contribution in [0.15, 0.2) is 18.2 Å². The Labute approximate surface area is 104 Å². The molecule has 1 aromatic rings. The Morgan fingerprint density at radius 3 is 2.67 bits per heavy atom. The van der Waals surface area contributed by atoms with E-state index in [0.717, 1.165) is 12.8 Å². The fraction of sp³-hybridized carbons (Fsp3) is 0.333. The van der Waals surface area contributed by atoms with Crippen LogP contribution in [-0.2, 0) is 0 Å². The summed E-state index contributed by atoms with van der Waals surface area (Å²) in [6, 6.07) is 4.25. The summed E-state index contributed by atoms with van der Waals surface area (Å²) in [6.45, 7) is 0. The van der Waals surface area contributed by atoms with Crippen LogP contribution in [0.2, 0.25) is 0 Å². The van der Waals surface area contributed by atoms with E-state index in [1.54, 1.807) is 0 Å². The van der Waals surface area contributed by atoms with Crippen LogP contribution >= 0.6 is 0 Å². The number of urea groups is 1. The van der Waals surface area contributed by atoms with Crippen molar-refractivity contribution in [2.75, 3.05) is 12.4 Å². The van der Waals surface area contributed by atoms with E-state index in [0.29, 0.717) is 11.4 Å². The molecule has 1 aromatic carbocycles. The van der Waals surface area contributed by atoms with Crippen LogP contribution in [0.5, 0.6) is 5.75 Å². The number of carbonyl (C=O) groups excluding carboxylic acids is 1. The third-order valence-electron chi connectivity index (χ3n) is 2.61. The lowest BCUT2D eigenvalue weighted by Crippen LogP contribution is -2.30. The number of carboxylic acid groups (broad SMARTS) is 1. The monoisotopic (exact) mass is 250 g/mol. The lowest BCUT2D eigenvalue weighted by molar-refractivity contribution is 0.0696. The molecule has 1 fully saturated rings. The molecule has 0 aliphatic heterocycles. The molecule has 6 nitrogen and oxygen atoms in total. The van der Waals surface area contributed by atoms with Gasteiger partial charge >= 0.3 is 12.0 Å². The molecule has 0 aromatic heterocycles. The molecule has 0 unspecified atom stereocenters. The number of nitrogens with one attached hydrogen (secondary N) is 2. The Kier molecular flexibility index (Phi) is 3.36. The number of carboxylic acids is 1. The van der Waals surface area contributed by atoms with Crippen molar-refractivity contribution in [3.8, 4) is 5.75 Å². The zero-order valence-corrected chi connectivity index (χ0v) is 9.90. The summed E-state index contributed by atoms with van der Waals surface area (Å²) in [4.78, 5) is 22.4. The summed E-state index contributed by atoms with van der Waals surface area (Å²) >= 11 is 0. The summed E-state index contributed by atoms with van der Waals surface area (Å²) in [5, 5.41) is 14.2. The van der Waals surface area contributed by atoms with Crippen molar-refractivity contribution < 1.29 is 19.4 Å². The van der Waals surface area contributed by atoms with Crippen molar-refractivity contribution in [1.29, 1.82) is 0 Å². The quantitative estimate of drug-likeness (QED) is 0.758. The lowest BCUT2D eigenvalue weighted by atomic mass is 10.2. The molecular formula is C12H14N2O4. The van der Waals surface area contributed by atoms with Crippen LogP contribution < -0.4 is 15.4 Å². The van der Waals surface area contributed by atoms with Crippen molar-refractivity contribution >= 4 is 17.7 Å². The van der Waals surface area contributed by atoms with Crippen LogP contribution in [0.4, 0.5) is 10.5 Å². The Hall–Kier alpha value is -2.24. The van der Waals surface area contributed by atoms with E-state index in [2.05, 4.69) is 10.6 Å². The first-order valence-electron chi connectivity index (χ1n) is 5.59. The molecule has 0 saturated heterocycles. The maximum atomic E-state index is 11.6. The number of carbonyl (C=O) groups is 2. The van der Waals surface area contributed by atoms with Gasteiger partial charge in [-0.25, -0.2) is 9.59 Å². The first-order valence-corrected chi connectivity index (χ1v) is 5.59. The SMILES string of the molecule is COc1cc(C(=O)O)ccc1NC(=O)NC1CC1. The fourth-order valence-electron chi connectivity index (χ4n) is 1.50.